The van der Waals surface area contributed by atoms with Crippen molar-refractivity contribution in [1.82, 2.24) is 5.32 Å². The van der Waals surface area contributed by atoms with Gasteiger partial charge in [-0.2, -0.15) is 0 Å². The maximum Gasteiger partial charge on any atom is 0.251 e. The maximum atomic E-state index is 11.8. The van der Waals surface area contributed by atoms with E-state index < -0.39 is 0 Å². The van der Waals surface area contributed by atoms with Crippen LogP contribution in [0, 0.1) is 6.92 Å². The van der Waals surface area contributed by atoms with Crippen LogP contribution in [0.1, 0.15) is 21.5 Å². The van der Waals surface area contributed by atoms with Gasteiger partial charge in [0, 0.05) is 22.1 Å². The highest BCUT2D eigenvalue weighted by molar-refractivity contribution is 9.10. The number of nitrogens with one attached hydrogen (secondary N) is 1. The third-order valence-electron chi connectivity index (χ3n) is 2.45. The average molecular weight is 294 g/mol. The molecule has 0 aliphatic rings. The normalized spacial score (nSPS) is 10.2. The number of furan rings is 1. The zero-order chi connectivity index (χ0) is 12.3. The molecule has 2 aromatic rings. The Labute approximate surface area is 108 Å². The van der Waals surface area contributed by atoms with Gasteiger partial charge in [0.05, 0.1) is 12.5 Å². The fourth-order valence-electron chi connectivity index (χ4n) is 1.46. The smallest absolute Gasteiger partial charge is 0.251 e. The third-order valence-corrected chi connectivity index (χ3v) is 3.34. The summed E-state index contributed by atoms with van der Waals surface area (Å²) < 4.78 is 5.93. The minimum atomic E-state index is -0.0817. The highest BCUT2D eigenvalue weighted by Crippen LogP contribution is 2.17. The van der Waals surface area contributed by atoms with Crippen LogP contribution >= 0.6 is 15.9 Å². The molecule has 17 heavy (non-hydrogen) atoms. The molecule has 0 aliphatic carbocycles. The van der Waals surface area contributed by atoms with Crippen LogP contribution in [0.25, 0.3) is 0 Å². The maximum absolute atomic E-state index is 11.8. The summed E-state index contributed by atoms with van der Waals surface area (Å²) in [4.78, 5) is 11.8. The molecule has 0 saturated heterocycles. The lowest BCUT2D eigenvalue weighted by molar-refractivity contribution is 0.0951. The molecule has 0 saturated carbocycles. The summed E-state index contributed by atoms with van der Waals surface area (Å²) >= 11 is 3.40. The van der Waals surface area contributed by atoms with E-state index in [9.17, 15) is 4.79 Å². The van der Waals surface area contributed by atoms with Gasteiger partial charge in [0.15, 0.2) is 0 Å². The van der Waals surface area contributed by atoms with Crippen molar-refractivity contribution in [2.75, 3.05) is 0 Å². The Hall–Kier alpha value is -1.55. The number of amides is 1. The number of halogens is 1. The molecule has 1 amide bonds. The molecule has 0 bridgehead atoms. The van der Waals surface area contributed by atoms with Crippen molar-refractivity contribution in [3.63, 3.8) is 0 Å². The van der Waals surface area contributed by atoms with Crippen molar-refractivity contribution in [1.29, 1.82) is 0 Å². The number of carbonyl (C=O) groups is 1. The fraction of sp³-hybridized carbons (Fsp3) is 0.154. The van der Waals surface area contributed by atoms with Gasteiger partial charge in [0.1, 0.15) is 0 Å². The first kappa shape index (κ1) is 11.9. The summed E-state index contributed by atoms with van der Waals surface area (Å²) in [6, 6.07) is 7.35. The lowest BCUT2D eigenvalue weighted by Crippen LogP contribution is -2.22. The van der Waals surface area contributed by atoms with Crippen LogP contribution in [0.4, 0.5) is 0 Å². The van der Waals surface area contributed by atoms with Crippen molar-refractivity contribution < 1.29 is 9.21 Å². The second-order valence-electron chi connectivity index (χ2n) is 3.78. The molecule has 1 aromatic heterocycles. The predicted octanol–water partition coefficient (Wildman–Crippen LogP) is 3.28. The lowest BCUT2D eigenvalue weighted by Gasteiger charge is -2.05. The van der Waals surface area contributed by atoms with Crippen LogP contribution in [-0.4, -0.2) is 5.91 Å². The second-order valence-corrected chi connectivity index (χ2v) is 4.63. The molecular weight excluding hydrogens is 282 g/mol. The summed E-state index contributed by atoms with van der Waals surface area (Å²) in [5.41, 5.74) is 2.65. The molecule has 88 valence electrons. The molecule has 1 aromatic carbocycles. The van der Waals surface area contributed by atoms with E-state index in [-0.39, 0.29) is 5.91 Å². The van der Waals surface area contributed by atoms with E-state index >= 15 is 0 Å². The highest BCUT2D eigenvalue weighted by Gasteiger charge is 2.06. The van der Waals surface area contributed by atoms with Gasteiger partial charge in [0.25, 0.3) is 5.91 Å². The summed E-state index contributed by atoms with van der Waals surface area (Å²) in [5.74, 6) is -0.0817. The lowest BCUT2D eigenvalue weighted by atomic mass is 10.1. The molecule has 2 rings (SSSR count). The number of carbonyl (C=O) groups excluding carboxylic acids is 1. The second kappa shape index (κ2) is 5.19. The molecule has 0 aliphatic heterocycles. The van der Waals surface area contributed by atoms with Gasteiger partial charge < -0.3 is 9.73 Å². The van der Waals surface area contributed by atoms with E-state index in [1.54, 1.807) is 18.6 Å². The Balaban J connectivity index is 2.02. The average Bonchev–Trinajstić information content (AvgIpc) is 2.82. The van der Waals surface area contributed by atoms with Crippen molar-refractivity contribution in [2.24, 2.45) is 0 Å². The van der Waals surface area contributed by atoms with Crippen molar-refractivity contribution >= 4 is 21.8 Å². The van der Waals surface area contributed by atoms with E-state index in [0.717, 1.165) is 15.6 Å². The number of aryl methyl sites for hydroxylation is 1. The third kappa shape index (κ3) is 2.97. The van der Waals surface area contributed by atoms with Gasteiger partial charge in [-0.05, 0) is 36.8 Å². The van der Waals surface area contributed by atoms with Crippen LogP contribution in [0.5, 0.6) is 0 Å². The Morgan fingerprint density at radius 3 is 2.88 bits per heavy atom. The van der Waals surface area contributed by atoms with Crippen molar-refractivity contribution in [3.05, 3.63) is 58.0 Å². The van der Waals surface area contributed by atoms with Crippen LogP contribution in [-0.2, 0) is 6.54 Å². The summed E-state index contributed by atoms with van der Waals surface area (Å²) in [6.07, 6.45) is 3.21. The van der Waals surface area contributed by atoms with E-state index in [1.807, 2.05) is 25.1 Å². The van der Waals surface area contributed by atoms with Gasteiger partial charge in [-0.1, -0.05) is 15.9 Å². The molecule has 0 spiro atoms. The van der Waals surface area contributed by atoms with E-state index in [1.165, 1.54) is 0 Å². The fourth-order valence-corrected chi connectivity index (χ4v) is 1.71. The summed E-state index contributed by atoms with van der Waals surface area (Å²) in [5, 5.41) is 2.83. The van der Waals surface area contributed by atoms with Gasteiger partial charge in [-0.15, -0.1) is 0 Å². The number of rotatable bonds is 3. The molecule has 1 heterocycles. The summed E-state index contributed by atoms with van der Waals surface area (Å²) in [7, 11) is 0. The van der Waals surface area contributed by atoms with Crippen LogP contribution in [0.2, 0.25) is 0 Å². The van der Waals surface area contributed by atoms with Crippen molar-refractivity contribution in [2.45, 2.75) is 13.5 Å². The van der Waals surface area contributed by atoms with Crippen LogP contribution < -0.4 is 5.32 Å². The molecule has 1 N–H and O–H groups in total. The standard InChI is InChI=1S/C13H12BrNO2/c1-9-6-11(2-3-12(9)14)13(16)15-7-10-4-5-17-8-10/h2-6,8H,7H2,1H3,(H,15,16). The highest BCUT2D eigenvalue weighted by atomic mass is 79.9. The van der Waals surface area contributed by atoms with Gasteiger partial charge in [-0.25, -0.2) is 0 Å². The Morgan fingerprint density at radius 2 is 2.24 bits per heavy atom. The minimum absolute atomic E-state index is 0.0817. The summed E-state index contributed by atoms with van der Waals surface area (Å²) in [6.45, 7) is 2.43. The predicted molar refractivity (Wildman–Crippen MR) is 68.8 cm³/mol. The zero-order valence-corrected chi connectivity index (χ0v) is 11.0. The first-order valence-electron chi connectivity index (χ1n) is 5.22. The SMILES string of the molecule is Cc1cc(C(=O)NCc2ccoc2)ccc1Br. The molecule has 0 unspecified atom stereocenters. The zero-order valence-electron chi connectivity index (χ0n) is 9.37. The topological polar surface area (TPSA) is 42.2 Å². The molecule has 3 nitrogen and oxygen atoms in total. The van der Waals surface area contributed by atoms with E-state index in [4.69, 9.17) is 4.42 Å². The first-order chi connectivity index (χ1) is 8.16. The number of hydrogen-bond acceptors (Lipinski definition) is 2. The number of benzene rings is 1. The monoisotopic (exact) mass is 293 g/mol. The van der Waals surface area contributed by atoms with Crippen molar-refractivity contribution in [3.8, 4) is 0 Å². The van der Waals surface area contributed by atoms with Crippen LogP contribution in [0.15, 0.2) is 45.7 Å². The molecular formula is C13H12BrNO2. The van der Waals surface area contributed by atoms with Crippen LogP contribution in [0.3, 0.4) is 0 Å². The quantitative estimate of drug-likeness (QED) is 0.944. The minimum Gasteiger partial charge on any atom is -0.472 e. The molecule has 0 atom stereocenters. The van der Waals surface area contributed by atoms with Gasteiger partial charge in [0.2, 0.25) is 0 Å². The largest absolute Gasteiger partial charge is 0.472 e. The van der Waals surface area contributed by atoms with Gasteiger partial charge >= 0.3 is 0 Å². The molecule has 4 heteroatoms. The Bertz CT molecular complexity index is 520. The Kier molecular flexibility index (Phi) is 3.64. The Morgan fingerprint density at radius 1 is 1.41 bits per heavy atom. The first-order valence-corrected chi connectivity index (χ1v) is 6.01. The molecule has 0 fully saturated rings. The molecule has 0 radical (unpaired) electrons. The number of hydrogen-bond donors (Lipinski definition) is 1. The van der Waals surface area contributed by atoms with Gasteiger partial charge in [-0.3, -0.25) is 4.79 Å². The van der Waals surface area contributed by atoms with E-state index in [0.29, 0.717) is 12.1 Å². The van der Waals surface area contributed by atoms with E-state index in [2.05, 4.69) is 21.2 Å².